The van der Waals surface area contributed by atoms with E-state index in [9.17, 15) is 9.59 Å². The number of aromatic nitrogens is 1. The van der Waals surface area contributed by atoms with Gasteiger partial charge in [-0.25, -0.2) is 9.78 Å². The Morgan fingerprint density at radius 2 is 2.14 bits per heavy atom. The lowest BCUT2D eigenvalue weighted by Gasteiger charge is -2.30. The van der Waals surface area contributed by atoms with Gasteiger partial charge in [0.25, 0.3) is 0 Å². The van der Waals surface area contributed by atoms with Crippen LogP contribution in [0.3, 0.4) is 0 Å². The highest BCUT2D eigenvalue weighted by atomic mass is 32.1. The maximum Gasteiger partial charge on any atom is 0.317 e. The smallest absolute Gasteiger partial charge is 0.317 e. The number of aliphatic carboxylic acids is 1. The maximum atomic E-state index is 12.2. The second kappa shape index (κ2) is 6.64. The number of carboxylic acid groups (broad SMARTS) is 1. The van der Waals surface area contributed by atoms with Crippen LogP contribution in [0.15, 0.2) is 0 Å². The number of carboxylic acids is 1. The first kappa shape index (κ1) is 15.3. The molecule has 22 heavy (non-hydrogen) atoms. The van der Waals surface area contributed by atoms with E-state index in [4.69, 9.17) is 5.11 Å². The molecule has 1 aromatic rings. The van der Waals surface area contributed by atoms with Crippen molar-refractivity contribution < 1.29 is 14.7 Å². The van der Waals surface area contributed by atoms with Crippen molar-refractivity contribution in [3.63, 3.8) is 0 Å². The zero-order valence-corrected chi connectivity index (χ0v) is 13.3. The van der Waals surface area contributed by atoms with Crippen molar-refractivity contribution in [1.29, 1.82) is 0 Å². The molecule has 0 radical (unpaired) electrons. The van der Waals surface area contributed by atoms with Crippen molar-refractivity contribution in [2.75, 3.05) is 13.1 Å². The van der Waals surface area contributed by atoms with Gasteiger partial charge in [0.1, 0.15) is 5.01 Å². The minimum Gasteiger partial charge on any atom is -0.481 e. The van der Waals surface area contributed by atoms with Crippen molar-refractivity contribution in [2.24, 2.45) is 5.92 Å². The number of hydrogen-bond acceptors (Lipinski definition) is 4. The second-order valence-corrected chi connectivity index (χ2v) is 7.13. The Morgan fingerprint density at radius 3 is 2.91 bits per heavy atom. The second-order valence-electron chi connectivity index (χ2n) is 5.97. The van der Waals surface area contributed by atoms with Gasteiger partial charge in [0.05, 0.1) is 18.2 Å². The lowest BCUT2D eigenvalue weighted by Crippen LogP contribution is -2.46. The zero-order valence-electron chi connectivity index (χ0n) is 12.5. The minimum absolute atomic E-state index is 0.181. The molecule has 1 aliphatic carbocycles. The predicted molar refractivity (Wildman–Crippen MR) is 82.9 cm³/mol. The fraction of sp³-hybridized carbons (Fsp3) is 0.667. The summed E-state index contributed by atoms with van der Waals surface area (Å²) in [6, 6.07) is -0.181. The van der Waals surface area contributed by atoms with Gasteiger partial charge in [0, 0.05) is 18.0 Å². The molecule has 0 saturated carbocycles. The minimum atomic E-state index is -0.815. The van der Waals surface area contributed by atoms with Crippen LogP contribution >= 0.6 is 11.3 Å². The van der Waals surface area contributed by atoms with Crippen LogP contribution in [0.1, 0.15) is 41.3 Å². The summed E-state index contributed by atoms with van der Waals surface area (Å²) in [6.45, 7) is 1.37. The molecule has 2 heterocycles. The number of amides is 2. The molecule has 1 saturated heterocycles. The highest BCUT2D eigenvalue weighted by Crippen LogP contribution is 2.26. The molecule has 0 bridgehead atoms. The van der Waals surface area contributed by atoms with Crippen LogP contribution in [0.25, 0.3) is 0 Å². The van der Waals surface area contributed by atoms with Crippen LogP contribution in [0.4, 0.5) is 4.79 Å². The summed E-state index contributed by atoms with van der Waals surface area (Å²) in [5.74, 6) is -1.25. The van der Waals surface area contributed by atoms with Gasteiger partial charge in [0.15, 0.2) is 0 Å². The first-order chi connectivity index (χ1) is 10.6. The third-order valence-electron chi connectivity index (χ3n) is 4.34. The Morgan fingerprint density at radius 1 is 1.32 bits per heavy atom. The molecule has 7 heteroatoms. The first-order valence-electron chi connectivity index (χ1n) is 7.86. The van der Waals surface area contributed by atoms with Crippen molar-refractivity contribution in [3.05, 3.63) is 15.6 Å². The van der Waals surface area contributed by atoms with E-state index >= 15 is 0 Å². The monoisotopic (exact) mass is 323 g/mol. The molecule has 1 atom stereocenters. The van der Waals surface area contributed by atoms with Crippen LogP contribution in [0.5, 0.6) is 0 Å². The number of hydrogen-bond donors (Lipinski definition) is 2. The fourth-order valence-electron chi connectivity index (χ4n) is 3.11. The highest BCUT2D eigenvalue weighted by Gasteiger charge is 2.28. The van der Waals surface area contributed by atoms with Gasteiger partial charge in [-0.05, 0) is 38.5 Å². The molecule has 1 aromatic heterocycles. The van der Waals surface area contributed by atoms with Crippen LogP contribution in [-0.2, 0) is 24.2 Å². The first-order valence-corrected chi connectivity index (χ1v) is 8.68. The van der Waals surface area contributed by atoms with Gasteiger partial charge < -0.3 is 15.3 Å². The zero-order chi connectivity index (χ0) is 15.5. The Kier molecular flexibility index (Phi) is 4.61. The van der Waals surface area contributed by atoms with E-state index in [1.165, 1.54) is 23.4 Å². The molecule has 6 nitrogen and oxygen atoms in total. The van der Waals surface area contributed by atoms with E-state index in [1.807, 2.05) is 0 Å². The molecule has 120 valence electrons. The van der Waals surface area contributed by atoms with Gasteiger partial charge in [-0.15, -0.1) is 11.3 Å². The highest BCUT2D eigenvalue weighted by molar-refractivity contribution is 7.11. The van der Waals surface area contributed by atoms with Gasteiger partial charge >= 0.3 is 12.0 Å². The number of rotatable bonds is 3. The molecule has 3 rings (SSSR count). The molecule has 1 fully saturated rings. The van der Waals surface area contributed by atoms with E-state index in [-0.39, 0.29) is 6.03 Å². The van der Waals surface area contributed by atoms with Crippen LogP contribution < -0.4 is 5.32 Å². The van der Waals surface area contributed by atoms with Crippen LogP contribution in [0, 0.1) is 5.92 Å². The normalized spacial score (nSPS) is 21.3. The van der Waals surface area contributed by atoms with E-state index in [0.29, 0.717) is 26.1 Å². The third kappa shape index (κ3) is 3.40. The molecule has 1 aliphatic heterocycles. The number of piperidine rings is 1. The average Bonchev–Trinajstić information content (AvgIpc) is 2.95. The maximum absolute atomic E-state index is 12.2. The van der Waals surface area contributed by atoms with E-state index < -0.39 is 11.9 Å². The SMILES string of the molecule is O=C(O)[C@@H]1CCCN(C(=O)NCc2nc3c(s2)CCCC3)C1. The van der Waals surface area contributed by atoms with Crippen molar-refractivity contribution >= 4 is 23.3 Å². The number of carbonyl (C=O) groups is 2. The standard InChI is InChI=1S/C15H21N3O3S/c19-14(20)10-4-3-7-18(9-10)15(21)16-8-13-17-11-5-1-2-6-12(11)22-13/h10H,1-9H2,(H,16,21)(H,19,20)/t10-/m1/s1. The molecule has 2 aliphatic rings. The Labute approximate surface area is 133 Å². The van der Waals surface area contributed by atoms with Crippen molar-refractivity contribution in [2.45, 2.75) is 45.1 Å². The van der Waals surface area contributed by atoms with Crippen LogP contribution in [0.2, 0.25) is 0 Å². The topological polar surface area (TPSA) is 82.5 Å². The van der Waals surface area contributed by atoms with Crippen LogP contribution in [-0.4, -0.2) is 40.1 Å². The summed E-state index contributed by atoms with van der Waals surface area (Å²) in [7, 11) is 0. The summed E-state index contributed by atoms with van der Waals surface area (Å²) in [4.78, 5) is 30.8. The Balaban J connectivity index is 1.53. The number of aryl methyl sites for hydroxylation is 2. The third-order valence-corrected chi connectivity index (χ3v) is 5.50. The molecular weight excluding hydrogens is 302 g/mol. The molecule has 2 N–H and O–H groups in total. The number of fused-ring (bicyclic) bond motifs is 1. The Bertz CT molecular complexity index is 549. The number of thiazole rings is 1. The number of nitrogens with one attached hydrogen (secondary N) is 1. The van der Waals surface area contributed by atoms with Gasteiger partial charge in [-0.3, -0.25) is 4.79 Å². The van der Waals surface area contributed by atoms with E-state index in [1.54, 1.807) is 16.2 Å². The van der Waals surface area contributed by atoms with Gasteiger partial charge in [0.2, 0.25) is 0 Å². The van der Waals surface area contributed by atoms with Crippen molar-refractivity contribution in [3.8, 4) is 0 Å². The summed E-state index contributed by atoms with van der Waals surface area (Å²) >= 11 is 1.69. The Hall–Kier alpha value is -1.63. The largest absolute Gasteiger partial charge is 0.481 e. The molecule has 0 unspecified atom stereocenters. The average molecular weight is 323 g/mol. The lowest BCUT2D eigenvalue weighted by atomic mass is 9.99. The van der Waals surface area contributed by atoms with Crippen molar-refractivity contribution in [1.82, 2.24) is 15.2 Å². The number of likely N-dealkylation sites (tertiary alicyclic amines) is 1. The summed E-state index contributed by atoms with van der Waals surface area (Å²) < 4.78 is 0. The lowest BCUT2D eigenvalue weighted by molar-refractivity contribution is -0.143. The number of carbonyl (C=O) groups excluding carboxylic acids is 1. The molecule has 0 aromatic carbocycles. The van der Waals surface area contributed by atoms with E-state index in [2.05, 4.69) is 10.3 Å². The molecule has 0 spiro atoms. The summed E-state index contributed by atoms with van der Waals surface area (Å²) in [6.07, 6.45) is 5.98. The van der Waals surface area contributed by atoms with Gasteiger partial charge in [-0.1, -0.05) is 0 Å². The van der Waals surface area contributed by atoms with Gasteiger partial charge in [-0.2, -0.15) is 0 Å². The van der Waals surface area contributed by atoms with E-state index in [0.717, 1.165) is 24.3 Å². The molecular formula is C15H21N3O3S. The number of urea groups is 1. The number of nitrogens with zero attached hydrogens (tertiary/aromatic N) is 2. The summed E-state index contributed by atoms with van der Waals surface area (Å²) in [5, 5.41) is 12.9. The quantitative estimate of drug-likeness (QED) is 0.891. The predicted octanol–water partition coefficient (Wildman–Crippen LogP) is 2.03. The molecule has 2 amide bonds. The fourth-order valence-corrected chi connectivity index (χ4v) is 4.20. The summed E-state index contributed by atoms with van der Waals surface area (Å²) in [5.41, 5.74) is 1.20.